The third-order valence-corrected chi connectivity index (χ3v) is 23.4. The topological polar surface area (TPSA) is 166 Å². The summed E-state index contributed by atoms with van der Waals surface area (Å²) in [4.78, 5) is 10.4. The Kier molecular flexibility index (Phi) is 14.5. The van der Waals surface area contributed by atoms with Crippen molar-refractivity contribution in [1.29, 1.82) is 0 Å². The molecule has 0 amide bonds. The zero-order valence-electron chi connectivity index (χ0n) is 48.0. The number of benzene rings is 1. The monoisotopic (exact) mass is 1090 g/mol. The minimum Gasteiger partial charge on any atom is -0.496 e. The second-order valence-corrected chi connectivity index (χ2v) is 30.3. The predicted octanol–water partition coefficient (Wildman–Crippen LogP) is 12.2. The lowest BCUT2D eigenvalue weighted by Crippen LogP contribution is -2.58. The van der Waals surface area contributed by atoms with Crippen LogP contribution in [0.3, 0.4) is 0 Å². The van der Waals surface area contributed by atoms with Crippen molar-refractivity contribution in [3.8, 4) is 17.2 Å². The van der Waals surface area contributed by atoms with E-state index in [-0.39, 0.29) is 0 Å². The van der Waals surface area contributed by atoms with Gasteiger partial charge in [-0.1, -0.05) is 17.3 Å². The number of rotatable bonds is 14. The molecule has 0 unspecified atom stereocenters. The average molecular weight is 1090 g/mol. The minimum absolute atomic E-state index is 0.319. The number of nitrogens with one attached hydrogen (secondary N) is 4. The fourth-order valence-electron chi connectivity index (χ4n) is 21.1. The molecule has 0 aliphatic heterocycles. The van der Waals surface area contributed by atoms with E-state index in [0.29, 0.717) is 40.5 Å². The van der Waals surface area contributed by atoms with E-state index in [1.807, 2.05) is 66.6 Å². The number of thiazole rings is 1. The van der Waals surface area contributed by atoms with Gasteiger partial charge in [-0.05, 0) is 244 Å². The van der Waals surface area contributed by atoms with Crippen molar-refractivity contribution < 1.29 is 13.7 Å². The van der Waals surface area contributed by atoms with E-state index in [1.165, 1.54) is 170 Å². The number of aromatic nitrogens is 7. The van der Waals surface area contributed by atoms with Gasteiger partial charge in [0, 0.05) is 72.1 Å². The minimum atomic E-state index is 0.319. The highest BCUT2D eigenvalue weighted by Crippen LogP contribution is 2.59. The highest BCUT2D eigenvalue weighted by Gasteiger charge is 2.54. The zero-order chi connectivity index (χ0) is 53.3. The molecule has 5 aromatic rings. The van der Waals surface area contributed by atoms with E-state index < -0.39 is 0 Å². The number of nitrogens with zero attached hydrogens (tertiary/aromatic N) is 7. The van der Waals surface area contributed by atoms with Crippen LogP contribution in [0.4, 0.5) is 0 Å². The summed E-state index contributed by atoms with van der Waals surface area (Å²) in [6, 6.07) is 7.75. The third-order valence-electron chi connectivity index (χ3n) is 22.5. The molecule has 0 atom stereocenters. The molecule has 14 nitrogen and oxygen atoms in total. The predicted molar refractivity (Wildman–Crippen MR) is 306 cm³/mol. The lowest BCUT2D eigenvalue weighted by molar-refractivity contribution is -0.0216. The fraction of sp³-hybridized carbons (Fsp3) is 0.750. The number of para-hydroxylation sites is 1. The Balaban J connectivity index is 0.0000000963. The standard InChI is InChI=1S/C20H25N3O2.C15H23N3.C15H22N2S.C14H21N3O/c1-24-17-5-3-2-4-16(17)19-22-18(23-25-19)12-21-20-9-13-6-14(10-20)8-15(7-13)11-20;1-18-10-14(9-17-18)8-16-15-5-11-2-12(6-15)4-13(3-11)7-15;1-10-16-8-14(18-10)9-17-15-5-11-2-12(6-15)4-13(3-11)7-15;1-9-16-17-13(18-9)8-15-14-5-10-2-11(6-14)4-12(3-10)7-14/h2-5,13-15,21H,6-12H2,1H3;9-13,16H,2-8H2,1H3;8,11-13,17H,2-7,9H2,1H3;10-12,15H,2-8H2,1H3. The van der Waals surface area contributed by atoms with Gasteiger partial charge in [-0.15, -0.1) is 21.5 Å². The molecule has 16 saturated carbocycles. The molecule has 4 aromatic heterocycles. The van der Waals surface area contributed by atoms with Crippen molar-refractivity contribution >= 4 is 11.3 Å². The van der Waals surface area contributed by atoms with Crippen LogP contribution in [0.1, 0.15) is 187 Å². The molecule has 1 aromatic carbocycles. The maximum atomic E-state index is 5.48. The van der Waals surface area contributed by atoms with Gasteiger partial charge < -0.3 is 34.9 Å². The number of aryl methyl sites for hydroxylation is 3. The molecule has 16 aliphatic rings. The van der Waals surface area contributed by atoms with Gasteiger partial charge in [0.25, 0.3) is 5.89 Å². The first-order chi connectivity index (χ1) is 38.3. The van der Waals surface area contributed by atoms with Crippen LogP contribution in [0.15, 0.2) is 51.8 Å². The zero-order valence-corrected chi connectivity index (χ0v) is 48.8. The molecule has 4 N–H and O–H groups in total. The Morgan fingerprint density at radius 2 is 1.01 bits per heavy atom. The summed E-state index contributed by atoms with van der Waals surface area (Å²) in [6.45, 7) is 7.41. The van der Waals surface area contributed by atoms with Crippen molar-refractivity contribution in [3.63, 3.8) is 0 Å². The van der Waals surface area contributed by atoms with E-state index in [2.05, 4.69) is 64.8 Å². The van der Waals surface area contributed by atoms with E-state index >= 15 is 0 Å². The second-order valence-electron chi connectivity index (χ2n) is 29.0. The summed E-state index contributed by atoms with van der Waals surface area (Å²) >= 11 is 1.84. The van der Waals surface area contributed by atoms with Crippen molar-refractivity contribution in [2.75, 3.05) is 7.11 Å². The molecule has 79 heavy (non-hydrogen) atoms. The Hall–Kier alpha value is -4.02. The Labute approximate surface area is 473 Å². The lowest BCUT2D eigenvalue weighted by atomic mass is 9.53. The third kappa shape index (κ3) is 11.7. The van der Waals surface area contributed by atoms with Gasteiger partial charge in [0.1, 0.15) is 5.75 Å². The molecule has 21 rings (SSSR count). The SMILES string of the molecule is COc1ccccc1-c1nc(CNC23CC4CC(CC(C4)C2)C3)no1.Cc1ncc(CNC23CC4CC(CC(C4)C2)C3)s1.Cc1nnc(CNC23CC4CC(CC(C4)C2)C3)o1.Cn1cc(CNC23CC4CC(CC(C4)C2)C3)cn1. The molecule has 16 aliphatic carbocycles. The molecular weight excluding hydrogens is 1000 g/mol. The fourth-order valence-corrected chi connectivity index (χ4v) is 21.9. The largest absolute Gasteiger partial charge is 0.496 e. The maximum Gasteiger partial charge on any atom is 0.261 e. The van der Waals surface area contributed by atoms with Crippen molar-refractivity contribution in [2.24, 2.45) is 78.1 Å². The summed E-state index contributed by atoms with van der Waals surface area (Å²) in [5, 5.41) is 33.0. The van der Waals surface area contributed by atoms with Gasteiger partial charge in [-0.2, -0.15) is 10.1 Å². The Morgan fingerprint density at radius 3 is 1.42 bits per heavy atom. The van der Waals surface area contributed by atoms with E-state index in [0.717, 1.165) is 114 Å². The summed E-state index contributed by atoms with van der Waals surface area (Å²) in [6.07, 6.45) is 40.9. The highest BCUT2D eigenvalue weighted by molar-refractivity contribution is 7.11. The van der Waals surface area contributed by atoms with Crippen LogP contribution in [-0.4, -0.2) is 64.4 Å². The highest BCUT2D eigenvalue weighted by atomic mass is 32.1. The summed E-state index contributed by atoms with van der Waals surface area (Å²) in [5.74, 6) is 15.4. The number of hydrogen-bond donors (Lipinski definition) is 4. The van der Waals surface area contributed by atoms with Gasteiger partial charge in [-0.3, -0.25) is 4.68 Å². The Morgan fingerprint density at radius 1 is 0.570 bits per heavy atom. The van der Waals surface area contributed by atoms with Crippen molar-refractivity contribution in [2.45, 2.75) is 216 Å². The Bertz CT molecular complexity index is 2540. The lowest BCUT2D eigenvalue weighted by Gasteiger charge is -2.57. The molecular formula is C64H91N11O3S. The molecule has 16 bridgehead atoms. The summed E-state index contributed by atoms with van der Waals surface area (Å²) in [5.41, 5.74) is 3.85. The van der Waals surface area contributed by atoms with Crippen molar-refractivity contribution in [1.82, 2.24) is 56.4 Å². The van der Waals surface area contributed by atoms with E-state index in [1.54, 1.807) is 7.11 Å². The van der Waals surface area contributed by atoms with Crippen LogP contribution >= 0.6 is 11.3 Å². The van der Waals surface area contributed by atoms with Crippen LogP contribution in [0.25, 0.3) is 11.5 Å². The summed E-state index contributed by atoms with van der Waals surface area (Å²) < 4.78 is 18.2. The molecule has 0 radical (unpaired) electrons. The van der Waals surface area contributed by atoms with Crippen LogP contribution in [-0.2, 0) is 33.2 Å². The quantitative estimate of drug-likeness (QED) is 0.0831. The number of ether oxygens (including phenoxy) is 1. The van der Waals surface area contributed by atoms with Gasteiger partial charge in [0.15, 0.2) is 5.82 Å². The van der Waals surface area contributed by atoms with Gasteiger partial charge in [0.2, 0.25) is 11.8 Å². The number of hydrogen-bond acceptors (Lipinski definition) is 14. The first-order valence-electron chi connectivity index (χ1n) is 31.5. The normalized spacial score (nSPS) is 38.8. The van der Waals surface area contributed by atoms with Gasteiger partial charge >= 0.3 is 0 Å². The molecule has 426 valence electrons. The molecule has 0 spiro atoms. The first kappa shape index (κ1) is 53.0. The number of methoxy groups -OCH3 is 1. The van der Waals surface area contributed by atoms with E-state index in [9.17, 15) is 0 Å². The van der Waals surface area contributed by atoms with Crippen LogP contribution < -0.4 is 26.0 Å². The van der Waals surface area contributed by atoms with E-state index in [4.69, 9.17) is 13.7 Å². The van der Waals surface area contributed by atoms with Gasteiger partial charge in [0.05, 0.1) is 37.0 Å². The van der Waals surface area contributed by atoms with Crippen molar-refractivity contribution in [3.05, 3.63) is 75.9 Å². The second kappa shape index (κ2) is 21.6. The molecule has 15 heteroatoms. The molecule has 16 fully saturated rings. The summed E-state index contributed by atoms with van der Waals surface area (Å²) in [7, 11) is 3.65. The van der Waals surface area contributed by atoms with Gasteiger partial charge in [-0.25, -0.2) is 4.98 Å². The van der Waals surface area contributed by atoms with Crippen LogP contribution in [0.2, 0.25) is 0 Å². The molecule has 0 saturated heterocycles. The van der Waals surface area contributed by atoms with Crippen LogP contribution in [0, 0.1) is 84.9 Å². The van der Waals surface area contributed by atoms with Crippen LogP contribution in [0.5, 0.6) is 5.75 Å². The average Bonchev–Trinajstić information content (AvgIpc) is 4.40. The molecule has 4 heterocycles. The first-order valence-corrected chi connectivity index (χ1v) is 32.3. The maximum absolute atomic E-state index is 5.48. The smallest absolute Gasteiger partial charge is 0.261 e.